The molecule has 1 fully saturated rings. The summed E-state index contributed by atoms with van der Waals surface area (Å²) in [6.45, 7) is 4.78. The highest BCUT2D eigenvalue weighted by molar-refractivity contribution is 5.82. The van der Waals surface area contributed by atoms with Crippen LogP contribution in [-0.2, 0) is 14.3 Å². The Morgan fingerprint density at radius 3 is 2.80 bits per heavy atom. The van der Waals surface area contributed by atoms with Gasteiger partial charge < -0.3 is 9.47 Å². The van der Waals surface area contributed by atoms with Crippen molar-refractivity contribution in [2.75, 3.05) is 46.6 Å². The molecule has 88 valence electrons. The normalized spacial score (nSPS) is 17.5. The maximum atomic E-state index is 11.0. The number of hydrogen-bond acceptors (Lipinski definition) is 4. The van der Waals surface area contributed by atoms with Crippen molar-refractivity contribution in [3.05, 3.63) is 0 Å². The first-order chi connectivity index (χ1) is 7.33. The van der Waals surface area contributed by atoms with Crippen molar-refractivity contribution < 1.29 is 14.3 Å². The quantitative estimate of drug-likeness (QED) is 0.559. The van der Waals surface area contributed by atoms with Gasteiger partial charge in [0.15, 0.2) is 0 Å². The number of rotatable bonds is 8. The standard InChI is InChI=1S/C11H21NO3/c1-14-8-9-15-7-3-2-5-12-6-4-11(13)10-12/h2-10H2,1H3. The number of methoxy groups -OCH3 is 1. The molecule has 0 saturated carbocycles. The predicted molar refractivity (Wildman–Crippen MR) is 58.0 cm³/mol. The van der Waals surface area contributed by atoms with Crippen LogP contribution >= 0.6 is 0 Å². The third-order valence-corrected chi connectivity index (χ3v) is 2.55. The SMILES string of the molecule is COCCOCCCCN1CCC(=O)C1. The molecule has 4 nitrogen and oxygen atoms in total. The second-order valence-corrected chi connectivity index (χ2v) is 3.88. The molecular formula is C11H21NO3. The lowest BCUT2D eigenvalue weighted by molar-refractivity contribution is -0.116. The third kappa shape index (κ3) is 5.87. The molecule has 0 aliphatic carbocycles. The summed E-state index contributed by atoms with van der Waals surface area (Å²) in [7, 11) is 1.67. The lowest BCUT2D eigenvalue weighted by Crippen LogP contribution is -2.22. The van der Waals surface area contributed by atoms with E-state index in [0.717, 1.165) is 39.0 Å². The van der Waals surface area contributed by atoms with Crippen molar-refractivity contribution in [3.63, 3.8) is 0 Å². The Bertz CT molecular complexity index is 185. The first kappa shape index (κ1) is 12.6. The number of nitrogens with zero attached hydrogens (tertiary/aromatic N) is 1. The monoisotopic (exact) mass is 215 g/mol. The third-order valence-electron chi connectivity index (χ3n) is 2.55. The van der Waals surface area contributed by atoms with Gasteiger partial charge in [-0.3, -0.25) is 9.69 Å². The molecule has 0 aromatic carbocycles. The lowest BCUT2D eigenvalue weighted by atomic mass is 10.3. The minimum Gasteiger partial charge on any atom is -0.382 e. The fourth-order valence-corrected chi connectivity index (χ4v) is 1.67. The van der Waals surface area contributed by atoms with Gasteiger partial charge in [0.25, 0.3) is 0 Å². The van der Waals surface area contributed by atoms with E-state index in [9.17, 15) is 4.79 Å². The number of ketones is 1. The van der Waals surface area contributed by atoms with Crippen LogP contribution in [0, 0.1) is 0 Å². The largest absolute Gasteiger partial charge is 0.382 e. The zero-order valence-corrected chi connectivity index (χ0v) is 9.54. The van der Waals surface area contributed by atoms with Gasteiger partial charge in [-0.25, -0.2) is 0 Å². The predicted octanol–water partition coefficient (Wildman–Crippen LogP) is 0.704. The zero-order valence-electron chi connectivity index (χ0n) is 9.54. The number of ether oxygens (including phenoxy) is 2. The van der Waals surface area contributed by atoms with Gasteiger partial charge in [0, 0.05) is 26.7 Å². The van der Waals surface area contributed by atoms with Crippen molar-refractivity contribution in [3.8, 4) is 0 Å². The van der Waals surface area contributed by atoms with Crippen LogP contribution in [0.4, 0.5) is 0 Å². The number of unbranched alkanes of at least 4 members (excludes halogenated alkanes) is 1. The number of carbonyl (C=O) groups is 1. The molecule has 0 spiro atoms. The maximum absolute atomic E-state index is 11.0. The summed E-state index contributed by atoms with van der Waals surface area (Å²) in [6, 6.07) is 0. The molecule has 0 amide bonds. The maximum Gasteiger partial charge on any atom is 0.148 e. The molecule has 1 rings (SSSR count). The Balaban J connectivity index is 1.83. The summed E-state index contributed by atoms with van der Waals surface area (Å²) in [5.41, 5.74) is 0. The molecule has 4 heteroatoms. The van der Waals surface area contributed by atoms with Crippen LogP contribution in [0.3, 0.4) is 0 Å². The van der Waals surface area contributed by atoms with Gasteiger partial charge in [0.05, 0.1) is 19.8 Å². The first-order valence-corrected chi connectivity index (χ1v) is 5.63. The van der Waals surface area contributed by atoms with Crippen LogP contribution in [0.2, 0.25) is 0 Å². The summed E-state index contributed by atoms with van der Waals surface area (Å²) >= 11 is 0. The highest BCUT2D eigenvalue weighted by Crippen LogP contribution is 2.05. The number of Topliss-reactive ketones (excluding diaryl/α,β-unsaturated/α-hetero) is 1. The van der Waals surface area contributed by atoms with Crippen LogP contribution in [0.5, 0.6) is 0 Å². The lowest BCUT2D eigenvalue weighted by Gasteiger charge is -2.12. The van der Waals surface area contributed by atoms with Gasteiger partial charge in [-0.15, -0.1) is 0 Å². The summed E-state index contributed by atoms with van der Waals surface area (Å²) < 4.78 is 10.2. The molecule has 0 N–H and O–H groups in total. The Labute approximate surface area is 91.5 Å². The van der Waals surface area contributed by atoms with Crippen LogP contribution in [0.15, 0.2) is 0 Å². The van der Waals surface area contributed by atoms with Crippen LogP contribution in [0.1, 0.15) is 19.3 Å². The van der Waals surface area contributed by atoms with Crippen molar-refractivity contribution >= 4 is 5.78 Å². The molecular weight excluding hydrogens is 194 g/mol. The molecule has 0 radical (unpaired) electrons. The molecule has 0 aromatic rings. The number of carbonyl (C=O) groups excluding carboxylic acids is 1. The van der Waals surface area contributed by atoms with E-state index in [4.69, 9.17) is 9.47 Å². The molecule has 15 heavy (non-hydrogen) atoms. The minimum atomic E-state index is 0.381. The fraction of sp³-hybridized carbons (Fsp3) is 0.909. The smallest absolute Gasteiger partial charge is 0.148 e. The molecule has 0 unspecified atom stereocenters. The topological polar surface area (TPSA) is 38.8 Å². The summed E-state index contributed by atoms with van der Waals surface area (Å²) in [6.07, 6.45) is 2.92. The molecule has 0 atom stereocenters. The van der Waals surface area contributed by atoms with Gasteiger partial charge in [0.1, 0.15) is 5.78 Å². The van der Waals surface area contributed by atoms with Crippen LogP contribution < -0.4 is 0 Å². The number of hydrogen-bond donors (Lipinski definition) is 0. The van der Waals surface area contributed by atoms with Gasteiger partial charge in [-0.1, -0.05) is 0 Å². The Hall–Kier alpha value is -0.450. The minimum absolute atomic E-state index is 0.381. The molecule has 1 aliphatic heterocycles. The molecule has 1 saturated heterocycles. The Kier molecular flexibility index (Phi) is 6.55. The average molecular weight is 215 g/mol. The molecule has 0 aromatic heterocycles. The summed E-state index contributed by atoms with van der Waals surface area (Å²) in [4.78, 5) is 13.2. The van der Waals surface area contributed by atoms with Crippen LogP contribution in [-0.4, -0.2) is 57.2 Å². The fourth-order valence-electron chi connectivity index (χ4n) is 1.67. The van der Waals surface area contributed by atoms with Gasteiger partial charge in [-0.05, 0) is 19.4 Å². The first-order valence-electron chi connectivity index (χ1n) is 5.63. The zero-order chi connectivity index (χ0) is 10.9. The van der Waals surface area contributed by atoms with Gasteiger partial charge in [-0.2, -0.15) is 0 Å². The van der Waals surface area contributed by atoms with Gasteiger partial charge >= 0.3 is 0 Å². The van der Waals surface area contributed by atoms with Crippen molar-refractivity contribution in [1.29, 1.82) is 0 Å². The van der Waals surface area contributed by atoms with E-state index in [1.54, 1.807) is 7.11 Å². The summed E-state index contributed by atoms with van der Waals surface area (Å²) in [5, 5.41) is 0. The van der Waals surface area contributed by atoms with E-state index in [0.29, 0.717) is 25.5 Å². The van der Waals surface area contributed by atoms with E-state index in [1.165, 1.54) is 0 Å². The Morgan fingerprint density at radius 2 is 2.13 bits per heavy atom. The van der Waals surface area contributed by atoms with Crippen molar-refractivity contribution in [1.82, 2.24) is 4.90 Å². The summed E-state index contributed by atoms with van der Waals surface area (Å²) in [5.74, 6) is 0.381. The van der Waals surface area contributed by atoms with E-state index >= 15 is 0 Å². The molecule has 0 bridgehead atoms. The van der Waals surface area contributed by atoms with Crippen molar-refractivity contribution in [2.45, 2.75) is 19.3 Å². The average Bonchev–Trinajstić information content (AvgIpc) is 2.63. The van der Waals surface area contributed by atoms with E-state index in [1.807, 2.05) is 0 Å². The highest BCUT2D eigenvalue weighted by atomic mass is 16.5. The Morgan fingerprint density at radius 1 is 1.27 bits per heavy atom. The highest BCUT2D eigenvalue weighted by Gasteiger charge is 2.17. The van der Waals surface area contributed by atoms with Crippen molar-refractivity contribution in [2.24, 2.45) is 0 Å². The van der Waals surface area contributed by atoms with E-state index < -0.39 is 0 Å². The second-order valence-electron chi connectivity index (χ2n) is 3.88. The number of likely N-dealkylation sites (tertiary alicyclic amines) is 1. The molecule has 1 aliphatic rings. The van der Waals surface area contributed by atoms with E-state index in [2.05, 4.69) is 4.90 Å². The molecule has 1 heterocycles. The second kappa shape index (κ2) is 7.79. The van der Waals surface area contributed by atoms with E-state index in [-0.39, 0.29) is 0 Å². The van der Waals surface area contributed by atoms with Crippen LogP contribution in [0.25, 0.3) is 0 Å². The van der Waals surface area contributed by atoms with Gasteiger partial charge in [0.2, 0.25) is 0 Å².